The van der Waals surface area contributed by atoms with Crippen molar-refractivity contribution in [1.29, 1.82) is 5.26 Å². The fraction of sp³-hybridized carbons (Fsp3) is 0.286. The normalized spacial score (nSPS) is 19.4. The van der Waals surface area contributed by atoms with Gasteiger partial charge in [-0.1, -0.05) is 11.6 Å². The first-order valence-electron chi connectivity index (χ1n) is 9.05. The zero-order valence-electron chi connectivity index (χ0n) is 14.7. The van der Waals surface area contributed by atoms with Gasteiger partial charge in [-0.15, -0.1) is 0 Å². The zero-order chi connectivity index (χ0) is 18.6. The second kappa shape index (κ2) is 7.81. The summed E-state index contributed by atoms with van der Waals surface area (Å²) < 4.78 is 6.15. The third kappa shape index (κ3) is 4.12. The van der Waals surface area contributed by atoms with E-state index in [0.717, 1.165) is 53.7 Å². The molecule has 1 aliphatic carbocycles. The highest BCUT2D eigenvalue weighted by Gasteiger charge is 2.23. The van der Waals surface area contributed by atoms with Gasteiger partial charge in [0.25, 0.3) is 0 Å². The van der Waals surface area contributed by atoms with E-state index in [0.29, 0.717) is 5.15 Å². The van der Waals surface area contributed by atoms with Crippen molar-refractivity contribution in [2.75, 3.05) is 5.32 Å². The Kier molecular flexibility index (Phi) is 5.08. The molecular formula is C21H19ClN4O. The summed E-state index contributed by atoms with van der Waals surface area (Å²) in [5.41, 5.74) is 0.824. The van der Waals surface area contributed by atoms with Gasteiger partial charge in [0, 0.05) is 23.9 Å². The van der Waals surface area contributed by atoms with Crippen molar-refractivity contribution in [3.05, 3.63) is 53.9 Å². The van der Waals surface area contributed by atoms with Gasteiger partial charge in [-0.3, -0.25) is 0 Å². The topological polar surface area (TPSA) is 70.8 Å². The molecule has 0 amide bonds. The number of benzene rings is 1. The Morgan fingerprint density at radius 2 is 2.07 bits per heavy atom. The smallest absolute Gasteiger partial charge is 0.138 e. The molecule has 0 bridgehead atoms. The van der Waals surface area contributed by atoms with Crippen LogP contribution < -0.4 is 10.1 Å². The van der Waals surface area contributed by atoms with Crippen molar-refractivity contribution in [2.45, 2.75) is 31.8 Å². The average Bonchev–Trinajstić information content (AvgIpc) is 2.70. The summed E-state index contributed by atoms with van der Waals surface area (Å²) in [4.78, 5) is 8.52. The zero-order valence-corrected chi connectivity index (χ0v) is 15.5. The van der Waals surface area contributed by atoms with Crippen molar-refractivity contribution in [3.8, 4) is 11.8 Å². The minimum atomic E-state index is 0.109. The molecule has 0 aliphatic heterocycles. The second-order valence-corrected chi connectivity index (χ2v) is 7.16. The maximum atomic E-state index is 9.15. The summed E-state index contributed by atoms with van der Waals surface area (Å²) in [5.74, 6) is 1.69. The van der Waals surface area contributed by atoms with Gasteiger partial charge >= 0.3 is 0 Å². The van der Waals surface area contributed by atoms with Gasteiger partial charge in [-0.2, -0.15) is 5.26 Å². The standard InChI is InChI=1S/C21H19ClN4O/c22-20-7-4-16(13-25-20)26-21-19-6-5-18(11-15(19)8-9-24-21)27-17-3-1-2-14(10-17)12-23/h4-9,11,13-14,17H,1-3,10H2,(H,24,26)/t14-,17-/m0/s1. The Bertz CT molecular complexity index is 984. The van der Waals surface area contributed by atoms with Crippen LogP contribution in [0.2, 0.25) is 5.15 Å². The highest BCUT2D eigenvalue weighted by molar-refractivity contribution is 6.29. The van der Waals surface area contributed by atoms with E-state index in [2.05, 4.69) is 21.4 Å². The number of ether oxygens (including phenoxy) is 1. The summed E-state index contributed by atoms with van der Waals surface area (Å²) in [5, 5.41) is 14.9. The molecule has 4 rings (SSSR count). The van der Waals surface area contributed by atoms with E-state index in [1.807, 2.05) is 30.3 Å². The summed E-state index contributed by atoms with van der Waals surface area (Å²) in [6, 6.07) is 13.9. The van der Waals surface area contributed by atoms with Crippen molar-refractivity contribution in [1.82, 2.24) is 9.97 Å². The monoisotopic (exact) mass is 378 g/mol. The average molecular weight is 379 g/mol. The molecule has 5 nitrogen and oxygen atoms in total. The predicted octanol–water partition coefficient (Wildman–Crippen LogP) is 5.49. The van der Waals surface area contributed by atoms with Crippen LogP contribution in [0.15, 0.2) is 48.8 Å². The molecule has 1 aliphatic rings. The predicted molar refractivity (Wildman–Crippen MR) is 106 cm³/mol. The first kappa shape index (κ1) is 17.6. The van der Waals surface area contributed by atoms with Crippen LogP contribution in [0.5, 0.6) is 5.75 Å². The van der Waals surface area contributed by atoms with E-state index in [9.17, 15) is 0 Å². The van der Waals surface area contributed by atoms with Crippen LogP contribution in [-0.2, 0) is 0 Å². The lowest BCUT2D eigenvalue weighted by Gasteiger charge is -2.26. The SMILES string of the molecule is N#C[C@H]1CCC[C@H](Oc2ccc3c(Nc4ccc(Cl)nc4)nccc3c2)C1. The molecule has 0 saturated heterocycles. The molecule has 6 heteroatoms. The van der Waals surface area contributed by atoms with Gasteiger partial charge in [-0.25, -0.2) is 9.97 Å². The highest BCUT2D eigenvalue weighted by Crippen LogP contribution is 2.31. The number of fused-ring (bicyclic) bond motifs is 1. The Morgan fingerprint density at radius 1 is 1.15 bits per heavy atom. The highest BCUT2D eigenvalue weighted by atomic mass is 35.5. The van der Waals surface area contributed by atoms with Crippen molar-refractivity contribution < 1.29 is 4.74 Å². The molecule has 2 heterocycles. The summed E-state index contributed by atoms with van der Waals surface area (Å²) in [6.45, 7) is 0. The number of nitrogens with zero attached hydrogens (tertiary/aromatic N) is 3. The van der Waals surface area contributed by atoms with Crippen LogP contribution in [0, 0.1) is 17.2 Å². The molecule has 2 aromatic heterocycles. The molecule has 1 aromatic carbocycles. The van der Waals surface area contributed by atoms with Gasteiger partial charge in [0.1, 0.15) is 16.7 Å². The Balaban J connectivity index is 1.55. The number of nitrogens with one attached hydrogen (secondary N) is 1. The summed E-state index contributed by atoms with van der Waals surface area (Å²) in [6.07, 6.45) is 7.39. The number of anilines is 2. The van der Waals surface area contributed by atoms with Crippen LogP contribution >= 0.6 is 11.6 Å². The van der Waals surface area contributed by atoms with E-state index in [4.69, 9.17) is 21.6 Å². The molecule has 1 fully saturated rings. The van der Waals surface area contributed by atoms with E-state index < -0.39 is 0 Å². The van der Waals surface area contributed by atoms with E-state index in [-0.39, 0.29) is 12.0 Å². The maximum absolute atomic E-state index is 9.15. The summed E-state index contributed by atoms with van der Waals surface area (Å²) >= 11 is 5.84. The third-order valence-corrected chi connectivity index (χ3v) is 5.06. The van der Waals surface area contributed by atoms with Gasteiger partial charge < -0.3 is 10.1 Å². The van der Waals surface area contributed by atoms with Crippen LogP contribution in [0.3, 0.4) is 0 Å². The number of halogens is 1. The Morgan fingerprint density at radius 3 is 2.89 bits per heavy atom. The van der Waals surface area contributed by atoms with Crippen LogP contribution in [0.25, 0.3) is 10.8 Å². The largest absolute Gasteiger partial charge is 0.490 e. The van der Waals surface area contributed by atoms with Crippen molar-refractivity contribution >= 4 is 33.9 Å². The van der Waals surface area contributed by atoms with Gasteiger partial charge in [0.15, 0.2) is 0 Å². The lowest BCUT2D eigenvalue weighted by atomic mass is 9.88. The minimum absolute atomic E-state index is 0.109. The minimum Gasteiger partial charge on any atom is -0.490 e. The van der Waals surface area contributed by atoms with Crippen LogP contribution in [0.1, 0.15) is 25.7 Å². The van der Waals surface area contributed by atoms with Crippen molar-refractivity contribution in [2.24, 2.45) is 5.92 Å². The number of rotatable bonds is 4. The fourth-order valence-corrected chi connectivity index (χ4v) is 3.59. The van der Waals surface area contributed by atoms with Crippen molar-refractivity contribution in [3.63, 3.8) is 0 Å². The number of hydrogen-bond acceptors (Lipinski definition) is 5. The van der Waals surface area contributed by atoms with Gasteiger partial charge in [0.2, 0.25) is 0 Å². The lowest BCUT2D eigenvalue weighted by Crippen LogP contribution is -2.24. The first-order chi connectivity index (χ1) is 13.2. The maximum Gasteiger partial charge on any atom is 0.138 e. The van der Waals surface area contributed by atoms with Gasteiger partial charge in [0.05, 0.1) is 24.1 Å². The Labute approximate surface area is 163 Å². The molecule has 0 spiro atoms. The molecule has 27 heavy (non-hydrogen) atoms. The molecule has 1 saturated carbocycles. The molecule has 3 aromatic rings. The van der Waals surface area contributed by atoms with Crippen LogP contribution in [0.4, 0.5) is 11.5 Å². The van der Waals surface area contributed by atoms with E-state index >= 15 is 0 Å². The van der Waals surface area contributed by atoms with E-state index in [1.165, 1.54) is 0 Å². The second-order valence-electron chi connectivity index (χ2n) is 6.77. The molecule has 136 valence electrons. The lowest BCUT2D eigenvalue weighted by molar-refractivity contribution is 0.138. The molecule has 0 radical (unpaired) electrons. The van der Waals surface area contributed by atoms with Gasteiger partial charge in [-0.05, 0) is 61.0 Å². The fourth-order valence-electron chi connectivity index (χ4n) is 3.48. The van der Waals surface area contributed by atoms with E-state index in [1.54, 1.807) is 18.5 Å². The third-order valence-electron chi connectivity index (χ3n) is 4.84. The first-order valence-corrected chi connectivity index (χ1v) is 9.43. The van der Waals surface area contributed by atoms with Crippen LogP contribution in [-0.4, -0.2) is 16.1 Å². The molecule has 0 unspecified atom stereocenters. The molecule has 2 atom stereocenters. The molecule has 1 N–H and O–H groups in total. The summed E-state index contributed by atoms with van der Waals surface area (Å²) in [7, 11) is 0. The quantitative estimate of drug-likeness (QED) is 0.608. The number of aromatic nitrogens is 2. The number of pyridine rings is 2. The number of nitriles is 1. The molecular weight excluding hydrogens is 360 g/mol. The Hall–Kier alpha value is -2.84. The number of hydrogen-bond donors (Lipinski definition) is 1.